The number of carbonyl (C=O) groups excluding carboxylic acids is 1. The highest BCUT2D eigenvalue weighted by Crippen LogP contribution is 2.49. The van der Waals surface area contributed by atoms with Gasteiger partial charge in [-0.05, 0) is 86.4 Å². The summed E-state index contributed by atoms with van der Waals surface area (Å²) in [5.41, 5.74) is 0.946. The Labute approximate surface area is 218 Å². The average molecular weight is 561 g/mol. The summed E-state index contributed by atoms with van der Waals surface area (Å²) in [5, 5.41) is 10.9. The molecule has 0 atom stereocenters. The zero-order valence-electron chi connectivity index (χ0n) is 20.0. The van der Waals surface area contributed by atoms with E-state index in [0.717, 1.165) is 37.2 Å². The highest BCUT2D eigenvalue weighted by Gasteiger charge is 2.51. The fourth-order valence-corrected chi connectivity index (χ4v) is 5.37. The Morgan fingerprint density at radius 3 is 1.95 bits per heavy atom. The van der Waals surface area contributed by atoms with E-state index in [1.807, 2.05) is 12.1 Å². The Kier molecular flexibility index (Phi) is 8.79. The van der Waals surface area contributed by atoms with Crippen LogP contribution in [0.1, 0.15) is 51.0 Å². The van der Waals surface area contributed by atoms with Gasteiger partial charge in [-0.15, -0.1) is 0 Å². The highest BCUT2D eigenvalue weighted by atomic mass is 35.5. The van der Waals surface area contributed by atoms with Gasteiger partial charge >= 0.3 is 12.1 Å². The topological polar surface area (TPSA) is 113 Å². The summed E-state index contributed by atoms with van der Waals surface area (Å²) in [6, 6.07) is 13.4. The summed E-state index contributed by atoms with van der Waals surface area (Å²) in [4.78, 5) is 22.0. The molecular formula is C25H28ClF3N2O5S. The van der Waals surface area contributed by atoms with Crippen molar-refractivity contribution in [2.75, 3.05) is 4.72 Å². The van der Waals surface area contributed by atoms with Gasteiger partial charge in [-0.1, -0.05) is 30.7 Å². The van der Waals surface area contributed by atoms with Crippen LogP contribution in [0.2, 0.25) is 5.02 Å². The van der Waals surface area contributed by atoms with Crippen molar-refractivity contribution in [3.05, 3.63) is 59.1 Å². The van der Waals surface area contributed by atoms with E-state index in [4.69, 9.17) is 21.5 Å². The van der Waals surface area contributed by atoms with Crippen LogP contribution in [0.15, 0.2) is 53.4 Å². The molecule has 0 heterocycles. The number of rotatable bonds is 6. The first-order valence-electron chi connectivity index (χ1n) is 11.7. The van der Waals surface area contributed by atoms with Crippen LogP contribution in [-0.2, 0) is 25.0 Å². The summed E-state index contributed by atoms with van der Waals surface area (Å²) >= 11 is 5.83. The van der Waals surface area contributed by atoms with Gasteiger partial charge < -0.3 is 10.4 Å². The van der Waals surface area contributed by atoms with Crippen LogP contribution in [0.3, 0.4) is 0 Å². The number of sulfonamides is 1. The minimum Gasteiger partial charge on any atom is -0.475 e. The number of aliphatic carboxylic acids is 1. The second-order valence-corrected chi connectivity index (χ2v) is 11.6. The maximum Gasteiger partial charge on any atom is 0.490 e. The molecule has 12 heteroatoms. The summed E-state index contributed by atoms with van der Waals surface area (Å²) in [7, 11) is -3.69. The molecular weight excluding hydrogens is 533 g/mol. The number of carboxylic acid groups (broad SMARTS) is 1. The minimum atomic E-state index is -5.08. The zero-order chi connectivity index (χ0) is 27.4. The molecule has 0 radical (unpaired) electrons. The number of hydrogen-bond donors (Lipinski definition) is 3. The minimum absolute atomic E-state index is 0.108. The fraction of sp³-hybridized carbons (Fsp3) is 0.440. The number of carbonyl (C=O) groups is 2. The first-order chi connectivity index (χ1) is 17.2. The quantitative estimate of drug-likeness (QED) is 0.432. The molecule has 2 fully saturated rings. The monoisotopic (exact) mass is 560 g/mol. The lowest BCUT2D eigenvalue weighted by Crippen LogP contribution is -2.43. The van der Waals surface area contributed by atoms with Crippen LogP contribution in [0.25, 0.3) is 0 Å². The summed E-state index contributed by atoms with van der Waals surface area (Å²) in [6.07, 6.45) is 1.01. The number of anilines is 1. The largest absolute Gasteiger partial charge is 0.490 e. The summed E-state index contributed by atoms with van der Waals surface area (Å²) < 4.78 is 59.4. The Balaban J connectivity index is 0.000000479. The average Bonchev–Trinajstić information content (AvgIpc) is 3.63. The molecule has 2 aliphatic carbocycles. The van der Waals surface area contributed by atoms with E-state index in [1.165, 1.54) is 25.0 Å². The molecule has 0 unspecified atom stereocenters. The third kappa shape index (κ3) is 7.61. The van der Waals surface area contributed by atoms with Crippen LogP contribution in [0.4, 0.5) is 18.9 Å². The molecule has 1 amide bonds. The molecule has 4 rings (SSSR count). The van der Waals surface area contributed by atoms with Gasteiger partial charge in [0.15, 0.2) is 0 Å². The van der Waals surface area contributed by atoms with Gasteiger partial charge in [0.05, 0.1) is 10.3 Å². The second-order valence-electron chi connectivity index (χ2n) is 9.45. The Bertz CT molecular complexity index is 1210. The molecule has 7 nitrogen and oxygen atoms in total. The van der Waals surface area contributed by atoms with E-state index in [1.54, 1.807) is 24.3 Å². The number of alkyl halides is 3. The van der Waals surface area contributed by atoms with Gasteiger partial charge in [-0.3, -0.25) is 9.52 Å². The molecule has 0 aliphatic heterocycles. The molecule has 0 spiro atoms. The Morgan fingerprint density at radius 1 is 0.973 bits per heavy atom. The van der Waals surface area contributed by atoms with Crippen LogP contribution in [-0.4, -0.2) is 37.6 Å². The van der Waals surface area contributed by atoms with E-state index in [9.17, 15) is 26.4 Å². The Hall–Kier alpha value is -2.79. The SMILES string of the molecule is CC1CCC(NC(=O)C2(c3ccc(NS(=O)(=O)c4ccc(Cl)cc4)cc3)CC2)CC1.O=C(O)C(F)(F)F. The number of halogens is 4. The van der Waals surface area contributed by atoms with Crippen LogP contribution in [0, 0.1) is 5.92 Å². The van der Waals surface area contributed by atoms with Gasteiger partial charge in [-0.25, -0.2) is 13.2 Å². The molecule has 2 saturated carbocycles. The predicted molar refractivity (Wildman–Crippen MR) is 133 cm³/mol. The molecule has 0 saturated heterocycles. The summed E-state index contributed by atoms with van der Waals surface area (Å²) in [6.45, 7) is 2.27. The van der Waals surface area contributed by atoms with E-state index in [2.05, 4.69) is 17.0 Å². The van der Waals surface area contributed by atoms with Crippen LogP contribution in [0.5, 0.6) is 0 Å². The molecule has 0 bridgehead atoms. The molecule has 2 aliphatic rings. The van der Waals surface area contributed by atoms with Crippen molar-refractivity contribution in [2.24, 2.45) is 5.92 Å². The van der Waals surface area contributed by atoms with Crippen LogP contribution < -0.4 is 10.0 Å². The van der Waals surface area contributed by atoms with Gasteiger partial charge in [0.2, 0.25) is 5.91 Å². The van der Waals surface area contributed by atoms with E-state index >= 15 is 0 Å². The number of amides is 1. The first kappa shape index (κ1) is 28.8. The van der Waals surface area contributed by atoms with Crippen molar-refractivity contribution >= 4 is 39.2 Å². The van der Waals surface area contributed by atoms with Crippen molar-refractivity contribution in [3.63, 3.8) is 0 Å². The smallest absolute Gasteiger partial charge is 0.475 e. The van der Waals surface area contributed by atoms with Crippen molar-refractivity contribution in [2.45, 2.75) is 68.0 Å². The fourth-order valence-electron chi connectivity index (χ4n) is 4.18. The van der Waals surface area contributed by atoms with Gasteiger partial charge in [-0.2, -0.15) is 13.2 Å². The summed E-state index contributed by atoms with van der Waals surface area (Å²) in [5.74, 6) is -1.90. The van der Waals surface area contributed by atoms with Crippen molar-refractivity contribution < 1.29 is 36.3 Å². The molecule has 2 aromatic rings. The third-order valence-electron chi connectivity index (χ3n) is 6.59. The van der Waals surface area contributed by atoms with Gasteiger partial charge in [0, 0.05) is 16.8 Å². The normalized spacial score (nSPS) is 20.7. The lowest BCUT2D eigenvalue weighted by Gasteiger charge is -2.28. The lowest BCUT2D eigenvalue weighted by atomic mass is 9.86. The molecule has 3 N–H and O–H groups in total. The van der Waals surface area contributed by atoms with Gasteiger partial charge in [0.25, 0.3) is 10.0 Å². The molecule has 202 valence electrons. The van der Waals surface area contributed by atoms with E-state index in [-0.39, 0.29) is 16.8 Å². The molecule has 37 heavy (non-hydrogen) atoms. The maximum absolute atomic E-state index is 13.0. The van der Waals surface area contributed by atoms with Gasteiger partial charge in [0.1, 0.15) is 0 Å². The number of carboxylic acids is 1. The maximum atomic E-state index is 13.0. The highest BCUT2D eigenvalue weighted by molar-refractivity contribution is 7.92. The van der Waals surface area contributed by atoms with E-state index in [0.29, 0.717) is 10.7 Å². The van der Waals surface area contributed by atoms with Crippen molar-refractivity contribution in [1.82, 2.24) is 5.32 Å². The van der Waals surface area contributed by atoms with E-state index < -0.39 is 27.6 Å². The van der Waals surface area contributed by atoms with Crippen molar-refractivity contribution in [1.29, 1.82) is 0 Å². The number of benzene rings is 2. The molecule has 0 aromatic heterocycles. The number of nitrogens with one attached hydrogen (secondary N) is 2. The third-order valence-corrected chi connectivity index (χ3v) is 8.24. The Morgan fingerprint density at radius 2 is 1.49 bits per heavy atom. The second kappa shape index (κ2) is 11.3. The lowest BCUT2D eigenvalue weighted by molar-refractivity contribution is -0.192. The number of hydrogen-bond acceptors (Lipinski definition) is 4. The first-order valence-corrected chi connectivity index (χ1v) is 13.6. The van der Waals surface area contributed by atoms with Crippen molar-refractivity contribution in [3.8, 4) is 0 Å². The predicted octanol–water partition coefficient (Wildman–Crippen LogP) is 5.50. The van der Waals surface area contributed by atoms with Crippen LogP contribution >= 0.6 is 11.6 Å². The molecule has 2 aromatic carbocycles. The zero-order valence-corrected chi connectivity index (χ0v) is 21.6. The standard InChI is InChI=1S/C23H27ClN2O3S.C2HF3O2/c1-16-2-8-19(9-3-16)25-22(27)23(14-15-23)17-4-10-20(11-5-17)26-30(28,29)21-12-6-18(24)7-13-21;3-2(4,5)1(6)7/h4-7,10-13,16,19,26H,2-3,8-9,14-15H2,1H3,(H,25,27);(H,6,7).